The first-order valence-electron chi connectivity index (χ1n) is 11.0. The molecule has 0 fully saturated rings. The molecule has 0 unspecified atom stereocenters. The molecule has 0 aliphatic rings. The van der Waals surface area contributed by atoms with Crippen LogP contribution in [0.2, 0.25) is 0 Å². The quantitative estimate of drug-likeness (QED) is 0.273. The summed E-state index contributed by atoms with van der Waals surface area (Å²) in [6, 6.07) is 20.1. The summed E-state index contributed by atoms with van der Waals surface area (Å²) in [5.74, 6) is -0.531. The summed E-state index contributed by atoms with van der Waals surface area (Å²) in [5.41, 5.74) is 1.35. The van der Waals surface area contributed by atoms with Gasteiger partial charge in [-0.3, -0.25) is 4.79 Å². The van der Waals surface area contributed by atoms with E-state index in [9.17, 15) is 9.59 Å². The molecule has 172 valence electrons. The van der Waals surface area contributed by atoms with Crippen LogP contribution in [0.5, 0.6) is 5.75 Å². The van der Waals surface area contributed by atoms with E-state index in [1.165, 1.54) is 12.1 Å². The Kier molecular flexibility index (Phi) is 7.35. The zero-order valence-corrected chi connectivity index (χ0v) is 18.6. The summed E-state index contributed by atoms with van der Waals surface area (Å²) in [4.78, 5) is 28.1. The van der Waals surface area contributed by atoms with Gasteiger partial charge in [-0.2, -0.15) is 0 Å². The fraction of sp³-hybridized carbons (Fsp3) is 0.148. The number of carboxylic acids is 1. The normalized spacial score (nSPS) is 11.4. The molecule has 0 saturated carbocycles. The lowest BCUT2D eigenvalue weighted by molar-refractivity contribution is -0.117. The molecule has 0 atom stereocenters. The van der Waals surface area contributed by atoms with Crippen LogP contribution in [-0.2, 0) is 11.3 Å². The third kappa shape index (κ3) is 5.89. The van der Waals surface area contributed by atoms with Gasteiger partial charge in [0.1, 0.15) is 12.4 Å². The average Bonchev–Trinajstić information content (AvgIpc) is 3.38. The predicted octanol–water partition coefficient (Wildman–Crippen LogP) is 4.40. The molecule has 0 aliphatic heterocycles. The van der Waals surface area contributed by atoms with Crippen molar-refractivity contribution < 1.29 is 19.4 Å². The highest BCUT2D eigenvalue weighted by atomic mass is 16.5. The summed E-state index contributed by atoms with van der Waals surface area (Å²) in [6.07, 6.45) is 7.83. The van der Waals surface area contributed by atoms with E-state index in [2.05, 4.69) is 10.3 Å². The molecule has 0 saturated heterocycles. The number of hydrogen-bond acceptors (Lipinski definition) is 4. The number of hydrogen-bond donors (Lipinski definition) is 2. The van der Waals surface area contributed by atoms with Crippen LogP contribution in [0, 0.1) is 0 Å². The van der Waals surface area contributed by atoms with E-state index in [0.29, 0.717) is 17.9 Å². The Morgan fingerprint density at radius 3 is 2.59 bits per heavy atom. The van der Waals surface area contributed by atoms with E-state index in [1.54, 1.807) is 30.7 Å². The Morgan fingerprint density at radius 1 is 1.03 bits per heavy atom. The van der Waals surface area contributed by atoms with Crippen molar-refractivity contribution >= 4 is 28.7 Å². The SMILES string of the molecule is O=C(NCCCn1ccnc1)/C(=C/c1ccc(C(=O)O)cc1)COc1cccc2ccccc12. The van der Waals surface area contributed by atoms with Crippen LogP contribution in [0.3, 0.4) is 0 Å². The van der Waals surface area contributed by atoms with Crippen molar-refractivity contribution in [2.24, 2.45) is 0 Å². The number of aromatic carboxylic acids is 1. The van der Waals surface area contributed by atoms with E-state index >= 15 is 0 Å². The summed E-state index contributed by atoms with van der Waals surface area (Å²) in [6.45, 7) is 1.32. The zero-order valence-electron chi connectivity index (χ0n) is 18.6. The summed E-state index contributed by atoms with van der Waals surface area (Å²) >= 11 is 0. The lowest BCUT2D eigenvalue weighted by atomic mass is 10.1. The van der Waals surface area contributed by atoms with Crippen molar-refractivity contribution in [3.63, 3.8) is 0 Å². The van der Waals surface area contributed by atoms with Crippen molar-refractivity contribution in [3.8, 4) is 5.75 Å². The number of benzene rings is 3. The molecule has 3 aromatic carbocycles. The van der Waals surface area contributed by atoms with Crippen LogP contribution in [0.1, 0.15) is 22.3 Å². The fourth-order valence-corrected chi connectivity index (χ4v) is 3.57. The van der Waals surface area contributed by atoms with Crippen LogP contribution in [0.25, 0.3) is 16.8 Å². The van der Waals surface area contributed by atoms with Gasteiger partial charge in [0.25, 0.3) is 5.91 Å². The summed E-state index contributed by atoms with van der Waals surface area (Å²) in [5, 5.41) is 14.1. The van der Waals surface area contributed by atoms with Crippen molar-refractivity contribution in [1.82, 2.24) is 14.9 Å². The van der Waals surface area contributed by atoms with Crippen LogP contribution >= 0.6 is 0 Å². The molecule has 7 heteroatoms. The van der Waals surface area contributed by atoms with Gasteiger partial charge in [0, 0.05) is 30.9 Å². The number of amides is 1. The molecule has 34 heavy (non-hydrogen) atoms. The molecule has 0 bridgehead atoms. The number of imidazole rings is 1. The number of nitrogens with zero attached hydrogens (tertiary/aromatic N) is 2. The van der Waals surface area contributed by atoms with Crippen molar-refractivity contribution in [2.75, 3.05) is 13.2 Å². The molecule has 4 rings (SSSR count). The maximum atomic E-state index is 13.0. The van der Waals surface area contributed by atoms with Crippen LogP contribution < -0.4 is 10.1 Å². The highest BCUT2D eigenvalue weighted by Crippen LogP contribution is 2.25. The fourth-order valence-electron chi connectivity index (χ4n) is 3.57. The minimum atomic E-state index is -0.995. The Bertz CT molecular complexity index is 1290. The first-order chi connectivity index (χ1) is 16.6. The number of carbonyl (C=O) groups excluding carboxylic acids is 1. The molecular formula is C27H25N3O4. The Labute approximate surface area is 197 Å². The first-order valence-corrected chi connectivity index (χ1v) is 11.0. The first kappa shape index (κ1) is 22.8. The van der Waals surface area contributed by atoms with Gasteiger partial charge in [0.05, 0.1) is 17.5 Å². The van der Waals surface area contributed by atoms with Gasteiger partial charge in [-0.1, -0.05) is 48.5 Å². The zero-order chi connectivity index (χ0) is 23.8. The number of aromatic nitrogens is 2. The molecule has 1 aromatic heterocycles. The van der Waals surface area contributed by atoms with Crippen LogP contribution in [-0.4, -0.2) is 39.7 Å². The number of aryl methyl sites for hydroxylation is 1. The summed E-state index contributed by atoms with van der Waals surface area (Å²) in [7, 11) is 0. The van der Waals surface area contributed by atoms with Crippen molar-refractivity contribution in [2.45, 2.75) is 13.0 Å². The van der Waals surface area contributed by atoms with Gasteiger partial charge in [-0.25, -0.2) is 9.78 Å². The predicted molar refractivity (Wildman–Crippen MR) is 131 cm³/mol. The number of nitrogens with one attached hydrogen (secondary N) is 1. The van der Waals surface area contributed by atoms with Crippen molar-refractivity contribution in [1.29, 1.82) is 0 Å². The van der Waals surface area contributed by atoms with E-state index < -0.39 is 5.97 Å². The highest BCUT2D eigenvalue weighted by molar-refractivity contribution is 5.98. The standard InChI is InChI=1S/C27H25N3O4/c31-26(29-13-4-15-30-16-14-28-19-30)23(17-20-9-11-22(12-10-20)27(32)33)18-34-25-8-3-6-21-5-1-2-7-24(21)25/h1-3,5-12,14,16-17,19H,4,13,15,18H2,(H,29,31)(H,32,33)/b23-17+. The van der Waals surface area contributed by atoms with Gasteiger partial charge in [-0.15, -0.1) is 0 Å². The molecule has 2 N–H and O–H groups in total. The second kappa shape index (κ2) is 11.0. The summed E-state index contributed by atoms with van der Waals surface area (Å²) < 4.78 is 8.02. The monoisotopic (exact) mass is 455 g/mol. The Morgan fingerprint density at radius 2 is 1.82 bits per heavy atom. The molecule has 1 amide bonds. The van der Waals surface area contributed by atoms with Crippen LogP contribution in [0.15, 0.2) is 91.0 Å². The maximum Gasteiger partial charge on any atom is 0.335 e. The van der Waals surface area contributed by atoms with E-state index in [1.807, 2.05) is 53.2 Å². The van der Waals surface area contributed by atoms with Gasteiger partial charge >= 0.3 is 5.97 Å². The third-order valence-electron chi connectivity index (χ3n) is 5.36. The van der Waals surface area contributed by atoms with Crippen molar-refractivity contribution in [3.05, 3.63) is 102 Å². The third-order valence-corrected chi connectivity index (χ3v) is 5.36. The number of ether oxygens (including phenoxy) is 1. The maximum absolute atomic E-state index is 13.0. The van der Waals surface area contributed by atoms with Gasteiger partial charge < -0.3 is 19.7 Å². The molecule has 1 heterocycles. The molecule has 0 spiro atoms. The minimum absolute atomic E-state index is 0.0715. The Balaban J connectivity index is 1.49. The second-order valence-electron chi connectivity index (χ2n) is 7.77. The average molecular weight is 456 g/mol. The lowest BCUT2D eigenvalue weighted by Gasteiger charge is -2.13. The van der Waals surface area contributed by atoms with Gasteiger partial charge in [0.15, 0.2) is 0 Å². The number of fused-ring (bicyclic) bond motifs is 1. The molecule has 7 nitrogen and oxygen atoms in total. The molecule has 0 radical (unpaired) electrons. The van der Waals surface area contributed by atoms with Gasteiger partial charge in [0.2, 0.25) is 0 Å². The topological polar surface area (TPSA) is 93.5 Å². The van der Waals surface area contributed by atoms with E-state index in [4.69, 9.17) is 9.84 Å². The van der Waals surface area contributed by atoms with E-state index in [0.717, 1.165) is 29.3 Å². The number of carboxylic acid groups (broad SMARTS) is 1. The molecular weight excluding hydrogens is 430 g/mol. The smallest absolute Gasteiger partial charge is 0.335 e. The minimum Gasteiger partial charge on any atom is -0.488 e. The van der Waals surface area contributed by atoms with E-state index in [-0.39, 0.29) is 18.1 Å². The number of carbonyl (C=O) groups is 2. The van der Waals surface area contributed by atoms with Crippen LogP contribution in [0.4, 0.5) is 0 Å². The van der Waals surface area contributed by atoms with Gasteiger partial charge in [-0.05, 0) is 41.6 Å². The lowest BCUT2D eigenvalue weighted by Crippen LogP contribution is -2.29. The second-order valence-corrected chi connectivity index (χ2v) is 7.77. The largest absolute Gasteiger partial charge is 0.488 e. The Hall–Kier alpha value is -4.39. The highest BCUT2D eigenvalue weighted by Gasteiger charge is 2.12. The number of rotatable bonds is 10. The molecule has 0 aliphatic carbocycles. The molecule has 4 aromatic rings.